The lowest BCUT2D eigenvalue weighted by atomic mass is 10.1. The number of morpholine rings is 1. The van der Waals surface area contributed by atoms with Crippen molar-refractivity contribution in [3.05, 3.63) is 100 Å². The number of carboxylic acids is 1. The highest BCUT2D eigenvalue weighted by molar-refractivity contribution is 6.30. The Morgan fingerprint density at radius 3 is 2.07 bits per heavy atom. The molecule has 13 heteroatoms. The second kappa shape index (κ2) is 13.7. The number of carboxylic acid groups (broad SMARTS) is 1. The van der Waals surface area contributed by atoms with E-state index in [1.54, 1.807) is 34.1 Å². The maximum atomic E-state index is 13.4. The van der Waals surface area contributed by atoms with Crippen LogP contribution in [0.2, 0.25) is 5.02 Å². The van der Waals surface area contributed by atoms with Crippen molar-refractivity contribution in [1.82, 2.24) is 9.80 Å². The van der Waals surface area contributed by atoms with Crippen molar-refractivity contribution in [2.75, 3.05) is 37.7 Å². The molecule has 2 aliphatic heterocycles. The number of aliphatic carboxylic acids is 1. The van der Waals surface area contributed by atoms with Gasteiger partial charge in [-0.1, -0.05) is 54.1 Å². The number of fused-ring (bicyclic) bond motifs is 1. The lowest BCUT2D eigenvalue weighted by Gasteiger charge is -2.29. The molecule has 5 rings (SSSR count). The number of rotatable bonds is 4. The molecule has 0 aromatic heterocycles. The van der Waals surface area contributed by atoms with Crippen LogP contribution in [0, 0.1) is 5.41 Å². The fraction of sp³-hybridized carbons (Fsp3) is 0.267. The van der Waals surface area contributed by atoms with Crippen LogP contribution in [0.3, 0.4) is 0 Å². The molecular formula is C30H28ClF3N4O5. The first-order valence-electron chi connectivity index (χ1n) is 13.2. The minimum atomic E-state index is -5.08. The van der Waals surface area contributed by atoms with Crippen LogP contribution in [0.4, 0.5) is 18.9 Å². The molecule has 1 fully saturated rings. The number of amidine groups is 1. The first-order valence-corrected chi connectivity index (χ1v) is 13.6. The number of para-hydroxylation sites is 1. The van der Waals surface area contributed by atoms with Gasteiger partial charge in [-0.25, -0.2) is 4.79 Å². The van der Waals surface area contributed by atoms with Gasteiger partial charge in [0.05, 0.1) is 19.8 Å². The highest BCUT2D eigenvalue weighted by atomic mass is 35.5. The Balaban J connectivity index is 0.000000541. The highest BCUT2D eigenvalue weighted by Gasteiger charge is 2.38. The SMILES string of the molecule is N=C(c1ccc(CN2C(=O)CN(C(=O)c3ccc(Cl)cc3)Cc3ccccc32)cc1)N1CCOCC1.O=C(O)C(F)(F)F. The number of amides is 2. The summed E-state index contributed by atoms with van der Waals surface area (Å²) in [4.78, 5) is 40.9. The van der Waals surface area contributed by atoms with Gasteiger partial charge in [-0.05, 0) is 41.5 Å². The van der Waals surface area contributed by atoms with Crippen molar-refractivity contribution in [2.24, 2.45) is 0 Å². The molecule has 2 aliphatic rings. The van der Waals surface area contributed by atoms with Gasteiger partial charge in [-0.15, -0.1) is 0 Å². The Morgan fingerprint density at radius 2 is 1.47 bits per heavy atom. The normalized spacial score (nSPS) is 15.2. The summed E-state index contributed by atoms with van der Waals surface area (Å²) in [5, 5.41) is 16.2. The third-order valence-electron chi connectivity index (χ3n) is 6.79. The van der Waals surface area contributed by atoms with Gasteiger partial charge in [0.2, 0.25) is 5.91 Å². The molecule has 1 saturated heterocycles. The molecule has 2 N–H and O–H groups in total. The van der Waals surface area contributed by atoms with Crippen LogP contribution in [-0.2, 0) is 27.4 Å². The summed E-state index contributed by atoms with van der Waals surface area (Å²) >= 11 is 5.98. The number of nitrogens with one attached hydrogen (secondary N) is 1. The van der Waals surface area contributed by atoms with E-state index in [4.69, 9.17) is 31.6 Å². The second-order valence-electron chi connectivity index (χ2n) is 9.72. The molecule has 2 heterocycles. The zero-order valence-electron chi connectivity index (χ0n) is 22.8. The lowest BCUT2D eigenvalue weighted by Crippen LogP contribution is -2.40. The Kier molecular flexibility index (Phi) is 10.0. The van der Waals surface area contributed by atoms with Gasteiger partial charge in [0.15, 0.2) is 0 Å². The van der Waals surface area contributed by atoms with Gasteiger partial charge >= 0.3 is 12.1 Å². The molecule has 43 heavy (non-hydrogen) atoms. The second-order valence-corrected chi connectivity index (χ2v) is 10.2. The number of anilines is 1. The van der Waals surface area contributed by atoms with Crippen molar-refractivity contribution in [3.63, 3.8) is 0 Å². The average Bonchev–Trinajstić information content (AvgIpc) is 3.13. The first-order chi connectivity index (χ1) is 20.4. The Hall–Kier alpha value is -4.42. The Bertz CT molecular complexity index is 1480. The molecule has 0 unspecified atom stereocenters. The lowest BCUT2D eigenvalue weighted by molar-refractivity contribution is -0.192. The van der Waals surface area contributed by atoms with Crippen LogP contribution in [0.15, 0.2) is 72.8 Å². The predicted molar refractivity (Wildman–Crippen MR) is 153 cm³/mol. The van der Waals surface area contributed by atoms with Gasteiger partial charge in [0.1, 0.15) is 12.4 Å². The van der Waals surface area contributed by atoms with Crippen LogP contribution >= 0.6 is 11.6 Å². The minimum Gasteiger partial charge on any atom is -0.475 e. The number of carbonyl (C=O) groups is 3. The zero-order chi connectivity index (χ0) is 31.1. The summed E-state index contributed by atoms with van der Waals surface area (Å²) in [6, 6.07) is 22.2. The summed E-state index contributed by atoms with van der Waals surface area (Å²) in [7, 11) is 0. The molecule has 0 aliphatic carbocycles. The van der Waals surface area contributed by atoms with E-state index in [1.165, 1.54) is 0 Å². The molecular weight excluding hydrogens is 589 g/mol. The fourth-order valence-corrected chi connectivity index (χ4v) is 4.69. The Morgan fingerprint density at radius 1 is 0.884 bits per heavy atom. The standard InChI is InChI=1S/C28H27ClN4O3.C2HF3O2/c29-24-11-9-22(10-12-24)28(35)32-18-23-3-1-2-4-25(23)33(26(34)19-32)17-20-5-7-21(8-6-20)27(30)31-13-15-36-16-14-31;3-2(4,5)1(6)7/h1-12,30H,13-19H2;(H,6,7). The zero-order valence-corrected chi connectivity index (χ0v) is 23.6. The maximum absolute atomic E-state index is 13.4. The predicted octanol–water partition coefficient (Wildman–Crippen LogP) is 4.82. The van der Waals surface area contributed by atoms with Crippen molar-refractivity contribution in [1.29, 1.82) is 5.41 Å². The summed E-state index contributed by atoms with van der Waals surface area (Å²) in [6.45, 7) is 3.40. The van der Waals surface area contributed by atoms with Crippen molar-refractivity contribution in [3.8, 4) is 0 Å². The minimum absolute atomic E-state index is 0.0180. The molecule has 0 spiro atoms. The average molecular weight is 617 g/mol. The highest BCUT2D eigenvalue weighted by Crippen LogP contribution is 2.28. The fourth-order valence-electron chi connectivity index (χ4n) is 4.56. The third kappa shape index (κ3) is 8.11. The van der Waals surface area contributed by atoms with Gasteiger partial charge in [-0.2, -0.15) is 13.2 Å². The van der Waals surface area contributed by atoms with E-state index in [1.807, 2.05) is 53.4 Å². The number of hydrogen-bond donors (Lipinski definition) is 2. The van der Waals surface area contributed by atoms with Crippen LogP contribution in [0.1, 0.15) is 27.0 Å². The molecule has 3 aromatic carbocycles. The van der Waals surface area contributed by atoms with Gasteiger partial charge in [0, 0.05) is 41.5 Å². The van der Waals surface area contributed by atoms with E-state index in [2.05, 4.69) is 0 Å². The quantitative estimate of drug-likeness (QED) is 0.321. The molecule has 0 atom stereocenters. The largest absolute Gasteiger partial charge is 0.490 e. The number of halogens is 4. The monoisotopic (exact) mass is 616 g/mol. The number of hydrogen-bond acceptors (Lipinski definition) is 5. The summed E-state index contributed by atoms with van der Waals surface area (Å²) in [6.07, 6.45) is -5.08. The molecule has 0 bridgehead atoms. The van der Waals surface area contributed by atoms with Crippen LogP contribution in [0.5, 0.6) is 0 Å². The number of carbonyl (C=O) groups excluding carboxylic acids is 2. The van der Waals surface area contributed by atoms with Crippen molar-refractivity contribution in [2.45, 2.75) is 19.3 Å². The van der Waals surface area contributed by atoms with Crippen LogP contribution in [-0.4, -0.2) is 77.5 Å². The van der Waals surface area contributed by atoms with E-state index in [0.29, 0.717) is 55.8 Å². The number of benzene rings is 3. The molecule has 0 saturated carbocycles. The van der Waals surface area contributed by atoms with E-state index < -0.39 is 12.1 Å². The van der Waals surface area contributed by atoms with Crippen LogP contribution in [0.25, 0.3) is 0 Å². The van der Waals surface area contributed by atoms with Crippen LogP contribution < -0.4 is 4.90 Å². The van der Waals surface area contributed by atoms with E-state index in [-0.39, 0.29) is 18.4 Å². The van der Waals surface area contributed by atoms with Gasteiger partial charge in [0.25, 0.3) is 5.91 Å². The molecule has 2 amide bonds. The molecule has 0 radical (unpaired) electrons. The number of ether oxygens (including phenoxy) is 1. The van der Waals surface area contributed by atoms with E-state index in [9.17, 15) is 22.8 Å². The smallest absolute Gasteiger partial charge is 0.475 e. The summed E-state index contributed by atoms with van der Waals surface area (Å²) < 4.78 is 37.1. The Labute approximate surface area is 250 Å². The van der Waals surface area contributed by atoms with Gasteiger partial charge < -0.3 is 24.5 Å². The van der Waals surface area contributed by atoms with E-state index in [0.717, 1.165) is 22.4 Å². The molecule has 9 nitrogen and oxygen atoms in total. The topological polar surface area (TPSA) is 114 Å². The number of alkyl halides is 3. The molecule has 226 valence electrons. The van der Waals surface area contributed by atoms with Crippen molar-refractivity contribution >= 4 is 40.9 Å². The van der Waals surface area contributed by atoms with Crippen molar-refractivity contribution < 1.29 is 37.4 Å². The van der Waals surface area contributed by atoms with Gasteiger partial charge in [-0.3, -0.25) is 15.0 Å². The first kappa shape index (κ1) is 31.5. The summed E-state index contributed by atoms with van der Waals surface area (Å²) in [5.41, 5.74) is 4.00. The maximum Gasteiger partial charge on any atom is 0.490 e. The number of nitrogens with zero attached hydrogens (tertiary/aromatic N) is 3. The van der Waals surface area contributed by atoms with E-state index >= 15 is 0 Å². The summed E-state index contributed by atoms with van der Waals surface area (Å²) in [5.74, 6) is -2.63. The third-order valence-corrected chi connectivity index (χ3v) is 7.04. The molecule has 3 aromatic rings.